The Kier molecular flexibility index (Phi) is 3.89. The third kappa shape index (κ3) is 2.45. The number of methoxy groups -OCH3 is 1. The van der Waals surface area contributed by atoms with Gasteiger partial charge in [0.2, 0.25) is 5.91 Å². The molecule has 1 aliphatic heterocycles. The van der Waals surface area contributed by atoms with Gasteiger partial charge in [-0.3, -0.25) is 4.79 Å². The molecule has 3 saturated carbocycles. The minimum atomic E-state index is -0.192. The number of carbonyl (C=O) groups is 1. The predicted octanol–water partition coefficient (Wildman–Crippen LogP) is 3.77. The van der Waals surface area contributed by atoms with Gasteiger partial charge in [0.25, 0.3) is 0 Å². The van der Waals surface area contributed by atoms with Crippen molar-refractivity contribution in [2.75, 3.05) is 20.2 Å². The molecule has 5 atom stereocenters. The monoisotopic (exact) mass is 357 g/mol. The Hall–Kier alpha value is -1.42. The molecule has 5 rings (SSSR count). The van der Waals surface area contributed by atoms with Gasteiger partial charge in [0.05, 0.1) is 6.10 Å². The molecule has 1 aromatic rings. The summed E-state index contributed by atoms with van der Waals surface area (Å²) >= 11 is 0. The number of hydrogen-bond donors (Lipinski definition) is 0. The highest BCUT2D eigenvalue weighted by molar-refractivity contribution is 5.79. The average Bonchev–Trinajstić information content (AvgIpc) is 3.19. The van der Waals surface area contributed by atoms with Gasteiger partial charge in [-0.15, -0.1) is 0 Å². The van der Waals surface area contributed by atoms with Crippen molar-refractivity contribution in [2.45, 2.75) is 50.0 Å². The number of fused-ring (bicyclic) bond motifs is 1. The molecule has 3 aliphatic carbocycles. The molecule has 4 aliphatic rings. The lowest BCUT2D eigenvalue weighted by Crippen LogP contribution is -2.56. The first-order valence-electron chi connectivity index (χ1n) is 10.2. The van der Waals surface area contributed by atoms with Crippen LogP contribution in [0.3, 0.4) is 0 Å². The predicted molar refractivity (Wildman–Crippen MR) is 97.1 cm³/mol. The maximum atomic E-state index is 13.6. The van der Waals surface area contributed by atoms with E-state index in [4.69, 9.17) is 4.74 Å². The van der Waals surface area contributed by atoms with Gasteiger partial charge >= 0.3 is 0 Å². The molecule has 1 heterocycles. The van der Waals surface area contributed by atoms with E-state index in [9.17, 15) is 9.18 Å². The van der Waals surface area contributed by atoms with E-state index in [0.29, 0.717) is 25.4 Å². The highest BCUT2D eigenvalue weighted by Gasteiger charge is 2.58. The quantitative estimate of drug-likeness (QED) is 0.821. The van der Waals surface area contributed by atoms with Gasteiger partial charge in [-0.2, -0.15) is 0 Å². The summed E-state index contributed by atoms with van der Waals surface area (Å²) in [6.07, 6.45) is 7.08. The number of hydrogen-bond acceptors (Lipinski definition) is 2. The van der Waals surface area contributed by atoms with E-state index in [0.717, 1.165) is 24.2 Å². The van der Waals surface area contributed by atoms with E-state index >= 15 is 0 Å². The molecule has 1 saturated heterocycles. The molecule has 0 aromatic heterocycles. The summed E-state index contributed by atoms with van der Waals surface area (Å²) in [4.78, 5) is 15.0. The lowest BCUT2D eigenvalue weighted by Gasteiger charge is -2.51. The number of likely N-dealkylation sites (tertiary alicyclic amines) is 1. The van der Waals surface area contributed by atoms with Gasteiger partial charge in [-0.05, 0) is 73.5 Å². The Morgan fingerprint density at radius 2 is 2.00 bits per heavy atom. The topological polar surface area (TPSA) is 29.5 Å². The summed E-state index contributed by atoms with van der Waals surface area (Å²) in [5.74, 6) is 3.14. The van der Waals surface area contributed by atoms with Crippen molar-refractivity contribution < 1.29 is 13.9 Å². The first-order valence-corrected chi connectivity index (χ1v) is 10.2. The number of nitrogens with zero attached hydrogens (tertiary/aromatic N) is 1. The largest absolute Gasteiger partial charge is 0.378 e. The van der Waals surface area contributed by atoms with Crippen LogP contribution in [-0.2, 0) is 14.9 Å². The zero-order valence-corrected chi connectivity index (χ0v) is 15.5. The zero-order valence-electron chi connectivity index (χ0n) is 15.5. The molecule has 1 aromatic carbocycles. The lowest BCUT2D eigenvalue weighted by atomic mass is 9.54. The van der Waals surface area contributed by atoms with Crippen LogP contribution in [0.25, 0.3) is 0 Å². The van der Waals surface area contributed by atoms with Crippen LogP contribution >= 0.6 is 0 Å². The number of amides is 1. The second kappa shape index (κ2) is 6.05. The number of ether oxygens (including phenoxy) is 1. The van der Waals surface area contributed by atoms with Crippen molar-refractivity contribution in [1.29, 1.82) is 0 Å². The Labute approximate surface area is 154 Å². The van der Waals surface area contributed by atoms with Crippen molar-refractivity contribution in [3.05, 3.63) is 35.6 Å². The van der Waals surface area contributed by atoms with E-state index in [2.05, 4.69) is 0 Å². The normalized spacial score (nSPS) is 38.5. The highest BCUT2D eigenvalue weighted by Crippen LogP contribution is 2.64. The Morgan fingerprint density at radius 1 is 1.23 bits per heavy atom. The Bertz CT molecular complexity index is 699. The smallest absolute Gasteiger partial charge is 0.223 e. The van der Waals surface area contributed by atoms with E-state index in [-0.39, 0.29) is 23.2 Å². The van der Waals surface area contributed by atoms with Crippen LogP contribution in [0.5, 0.6) is 0 Å². The maximum Gasteiger partial charge on any atom is 0.223 e. The number of benzene rings is 1. The zero-order chi connectivity index (χ0) is 17.9. The molecule has 4 fully saturated rings. The number of halogens is 1. The molecule has 1 amide bonds. The SMILES string of the molecule is COC1CN(C(=O)CC2(c3ccc(F)cc3)CCC3CC4CC3C2C4)C1. The van der Waals surface area contributed by atoms with E-state index in [1.807, 2.05) is 17.0 Å². The second-order valence-corrected chi connectivity index (χ2v) is 9.14. The molecule has 140 valence electrons. The van der Waals surface area contributed by atoms with Crippen molar-refractivity contribution in [3.63, 3.8) is 0 Å². The summed E-state index contributed by atoms with van der Waals surface area (Å²) in [6.45, 7) is 1.43. The van der Waals surface area contributed by atoms with Gasteiger partial charge in [0, 0.05) is 32.0 Å². The summed E-state index contributed by atoms with van der Waals surface area (Å²) in [6, 6.07) is 7.04. The summed E-state index contributed by atoms with van der Waals surface area (Å²) < 4.78 is 18.9. The summed E-state index contributed by atoms with van der Waals surface area (Å²) in [5, 5.41) is 0. The van der Waals surface area contributed by atoms with Crippen LogP contribution in [0.4, 0.5) is 4.39 Å². The fourth-order valence-electron chi connectivity index (χ4n) is 6.73. The molecule has 2 bridgehead atoms. The molecular weight excluding hydrogens is 329 g/mol. The second-order valence-electron chi connectivity index (χ2n) is 9.14. The van der Waals surface area contributed by atoms with Crippen molar-refractivity contribution >= 4 is 5.91 Å². The van der Waals surface area contributed by atoms with Gasteiger partial charge < -0.3 is 9.64 Å². The van der Waals surface area contributed by atoms with Crippen LogP contribution in [0, 0.1) is 29.5 Å². The molecular formula is C22H28FNO2. The fourth-order valence-corrected chi connectivity index (χ4v) is 6.73. The third-order valence-corrected chi connectivity index (χ3v) is 8.04. The standard InChI is InChI=1S/C22H28FNO2/c1-26-18-12-24(13-18)21(25)11-22(16-2-4-17(23)5-3-16)7-6-15-8-14-9-19(15)20(22)10-14/h2-5,14-15,18-20H,6-13H2,1H3. The minimum Gasteiger partial charge on any atom is -0.378 e. The van der Waals surface area contributed by atoms with Crippen molar-refractivity contribution in [2.24, 2.45) is 23.7 Å². The van der Waals surface area contributed by atoms with Gasteiger partial charge in [0.1, 0.15) is 5.82 Å². The Balaban J connectivity index is 1.46. The lowest BCUT2D eigenvalue weighted by molar-refractivity contribution is -0.146. The van der Waals surface area contributed by atoms with Crippen LogP contribution < -0.4 is 0 Å². The van der Waals surface area contributed by atoms with E-state index < -0.39 is 0 Å². The van der Waals surface area contributed by atoms with Crippen LogP contribution in [0.15, 0.2) is 24.3 Å². The molecule has 26 heavy (non-hydrogen) atoms. The average molecular weight is 357 g/mol. The first-order chi connectivity index (χ1) is 12.6. The molecule has 5 unspecified atom stereocenters. The first kappa shape index (κ1) is 16.7. The van der Waals surface area contributed by atoms with Crippen LogP contribution in [0.2, 0.25) is 0 Å². The maximum absolute atomic E-state index is 13.6. The summed E-state index contributed by atoms with van der Waals surface area (Å²) in [5.41, 5.74) is 1.09. The van der Waals surface area contributed by atoms with Crippen molar-refractivity contribution in [3.8, 4) is 0 Å². The van der Waals surface area contributed by atoms with Gasteiger partial charge in [0.15, 0.2) is 0 Å². The molecule has 0 N–H and O–H groups in total. The molecule has 4 heteroatoms. The van der Waals surface area contributed by atoms with Gasteiger partial charge in [-0.25, -0.2) is 4.39 Å². The Morgan fingerprint density at radius 3 is 2.69 bits per heavy atom. The van der Waals surface area contributed by atoms with Crippen LogP contribution in [0.1, 0.15) is 44.1 Å². The molecule has 0 spiro atoms. The van der Waals surface area contributed by atoms with E-state index in [1.54, 1.807) is 19.2 Å². The van der Waals surface area contributed by atoms with Gasteiger partial charge in [-0.1, -0.05) is 12.1 Å². The molecule has 3 nitrogen and oxygen atoms in total. The van der Waals surface area contributed by atoms with Crippen LogP contribution in [-0.4, -0.2) is 37.1 Å². The minimum absolute atomic E-state index is 0.0979. The number of rotatable bonds is 4. The fraction of sp³-hybridized carbons (Fsp3) is 0.682. The molecule has 0 radical (unpaired) electrons. The van der Waals surface area contributed by atoms with E-state index in [1.165, 1.54) is 31.2 Å². The number of carbonyl (C=O) groups excluding carboxylic acids is 1. The third-order valence-electron chi connectivity index (χ3n) is 8.04. The highest BCUT2D eigenvalue weighted by atomic mass is 19.1. The summed E-state index contributed by atoms with van der Waals surface area (Å²) in [7, 11) is 1.71. The van der Waals surface area contributed by atoms with Crippen molar-refractivity contribution in [1.82, 2.24) is 4.90 Å².